The van der Waals surface area contributed by atoms with Crippen LogP contribution in [0.2, 0.25) is 0 Å². The molecule has 1 aliphatic carbocycles. The van der Waals surface area contributed by atoms with Crippen molar-refractivity contribution >= 4 is 35.0 Å². The number of hydrogen-bond donors (Lipinski definition) is 0. The second-order valence-corrected chi connectivity index (χ2v) is 9.04. The molecule has 0 aromatic heterocycles. The molecule has 2 aliphatic heterocycles. The van der Waals surface area contributed by atoms with Gasteiger partial charge in [0.2, 0.25) is 5.91 Å². The van der Waals surface area contributed by atoms with Gasteiger partial charge in [0.15, 0.2) is 5.78 Å². The molecule has 0 spiro atoms. The van der Waals surface area contributed by atoms with Gasteiger partial charge >= 0.3 is 0 Å². The largest absolute Gasteiger partial charge is 0.330 e. The highest BCUT2D eigenvalue weighted by molar-refractivity contribution is 6.31. The van der Waals surface area contributed by atoms with Crippen molar-refractivity contribution in [2.75, 3.05) is 13.1 Å². The number of aliphatic imine (C=N–C) groups is 1. The normalized spacial score (nSPS) is 21.2. The molecule has 0 aromatic carbocycles. The van der Waals surface area contributed by atoms with E-state index in [-0.39, 0.29) is 36.7 Å². The predicted octanol–water partition coefficient (Wildman–Crippen LogP) is 6.52. The Labute approximate surface area is 239 Å². The number of allylic oxidation sites excluding steroid dienone is 6. The SMILES string of the molecule is C#CC.C/C=C\C1=C(CC)C(=O)CN(CCC2=NC3C=C(Cl)C=CC3C(=O)N2C(/C=C\CC)=C/C)C1=O.CC. The Hall–Kier alpha value is -3.43. The van der Waals surface area contributed by atoms with Crippen molar-refractivity contribution in [3.8, 4) is 12.3 Å². The van der Waals surface area contributed by atoms with Crippen LogP contribution in [0.1, 0.15) is 67.7 Å². The third kappa shape index (κ3) is 8.53. The Morgan fingerprint density at radius 3 is 2.46 bits per heavy atom. The van der Waals surface area contributed by atoms with Crippen LogP contribution in [0.3, 0.4) is 0 Å². The molecule has 0 aromatic rings. The summed E-state index contributed by atoms with van der Waals surface area (Å²) < 4.78 is 0. The van der Waals surface area contributed by atoms with Crippen molar-refractivity contribution in [2.45, 2.75) is 73.8 Å². The molecule has 2 amide bonds. The highest BCUT2D eigenvalue weighted by Crippen LogP contribution is 2.31. The van der Waals surface area contributed by atoms with Crippen LogP contribution >= 0.6 is 11.6 Å². The van der Waals surface area contributed by atoms with Gasteiger partial charge in [0, 0.05) is 34.8 Å². The van der Waals surface area contributed by atoms with Gasteiger partial charge in [0.05, 0.1) is 18.5 Å². The van der Waals surface area contributed by atoms with Crippen LogP contribution in [0.25, 0.3) is 0 Å². The first-order chi connectivity index (χ1) is 18.8. The zero-order valence-electron chi connectivity index (χ0n) is 24.3. The van der Waals surface area contributed by atoms with Crippen molar-refractivity contribution in [3.05, 3.63) is 70.5 Å². The Bertz CT molecular complexity index is 1160. The number of ketones is 1. The predicted molar refractivity (Wildman–Crippen MR) is 162 cm³/mol. The van der Waals surface area contributed by atoms with E-state index in [1.54, 1.807) is 47.1 Å². The van der Waals surface area contributed by atoms with E-state index in [1.165, 1.54) is 0 Å². The minimum Gasteiger partial charge on any atom is -0.330 e. The molecule has 2 unspecified atom stereocenters. The van der Waals surface area contributed by atoms with Crippen molar-refractivity contribution in [2.24, 2.45) is 10.9 Å². The molecule has 39 heavy (non-hydrogen) atoms. The quantitative estimate of drug-likeness (QED) is 0.254. The van der Waals surface area contributed by atoms with E-state index in [0.29, 0.717) is 34.9 Å². The second-order valence-electron chi connectivity index (χ2n) is 8.60. The average molecular weight is 552 g/mol. The summed E-state index contributed by atoms with van der Waals surface area (Å²) in [7, 11) is 0. The highest BCUT2D eigenvalue weighted by Gasteiger charge is 2.39. The number of amidine groups is 1. The van der Waals surface area contributed by atoms with Crippen LogP contribution in [0.5, 0.6) is 0 Å². The van der Waals surface area contributed by atoms with Gasteiger partial charge in [-0.15, -0.1) is 12.3 Å². The van der Waals surface area contributed by atoms with Gasteiger partial charge in [0.1, 0.15) is 5.84 Å². The minimum atomic E-state index is -0.425. The Morgan fingerprint density at radius 2 is 1.90 bits per heavy atom. The van der Waals surface area contributed by atoms with Crippen LogP contribution in [-0.2, 0) is 14.4 Å². The van der Waals surface area contributed by atoms with Gasteiger partial charge in [0.25, 0.3) is 5.91 Å². The number of hydrogen-bond acceptors (Lipinski definition) is 4. The van der Waals surface area contributed by atoms with Gasteiger partial charge < -0.3 is 4.90 Å². The maximum Gasteiger partial charge on any atom is 0.254 e. The molecule has 210 valence electrons. The van der Waals surface area contributed by atoms with Crippen LogP contribution < -0.4 is 0 Å². The first-order valence-electron chi connectivity index (χ1n) is 13.6. The number of rotatable bonds is 8. The van der Waals surface area contributed by atoms with E-state index in [2.05, 4.69) is 12.3 Å². The molecule has 0 fully saturated rings. The lowest BCUT2D eigenvalue weighted by atomic mass is 9.91. The monoisotopic (exact) mass is 551 g/mol. The second kappa shape index (κ2) is 17.2. The summed E-state index contributed by atoms with van der Waals surface area (Å²) in [4.78, 5) is 47.4. The van der Waals surface area contributed by atoms with Crippen LogP contribution in [0, 0.1) is 18.3 Å². The van der Waals surface area contributed by atoms with E-state index in [4.69, 9.17) is 16.6 Å². The zero-order chi connectivity index (χ0) is 29.5. The van der Waals surface area contributed by atoms with Crippen molar-refractivity contribution in [1.29, 1.82) is 0 Å². The van der Waals surface area contributed by atoms with Gasteiger partial charge in [-0.1, -0.05) is 69.7 Å². The molecule has 0 saturated carbocycles. The lowest BCUT2D eigenvalue weighted by molar-refractivity contribution is -0.132. The van der Waals surface area contributed by atoms with Gasteiger partial charge in [-0.25, -0.2) is 0 Å². The lowest BCUT2D eigenvalue weighted by Crippen LogP contribution is -2.49. The van der Waals surface area contributed by atoms with E-state index in [9.17, 15) is 14.4 Å². The van der Waals surface area contributed by atoms with E-state index in [0.717, 1.165) is 12.1 Å². The molecule has 0 N–H and O–H groups in total. The average Bonchev–Trinajstić information content (AvgIpc) is 2.92. The Kier molecular flexibility index (Phi) is 14.8. The Morgan fingerprint density at radius 1 is 1.23 bits per heavy atom. The molecular weight excluding hydrogens is 510 g/mol. The smallest absolute Gasteiger partial charge is 0.254 e. The topological polar surface area (TPSA) is 70.1 Å². The van der Waals surface area contributed by atoms with Crippen molar-refractivity contribution in [3.63, 3.8) is 0 Å². The third-order valence-corrected chi connectivity index (χ3v) is 6.36. The number of amides is 2. The molecular formula is C32H42ClN3O3. The zero-order valence-corrected chi connectivity index (χ0v) is 25.1. The molecule has 3 aliphatic rings. The molecule has 2 heterocycles. The van der Waals surface area contributed by atoms with E-state index >= 15 is 0 Å². The fourth-order valence-corrected chi connectivity index (χ4v) is 4.61. The number of Topliss-reactive ketones (excluding diaryl/α,β-unsaturated/α-hetero) is 1. The van der Waals surface area contributed by atoms with Crippen LogP contribution in [-0.4, -0.2) is 52.4 Å². The fourth-order valence-electron chi connectivity index (χ4n) is 4.41. The van der Waals surface area contributed by atoms with Gasteiger partial charge in [-0.3, -0.25) is 24.3 Å². The summed E-state index contributed by atoms with van der Waals surface area (Å²) in [5, 5.41) is 0.549. The standard InChI is InChI=1S/C27H32ClN3O3.C3H4.C2H6/c1-5-9-11-19(7-3)31-25(29-23-16-18(28)12-13-22(23)27(31)34)14-15-30-17-24(32)20(8-4)21(10-6-2)26(30)33;1-3-2;1-2/h6-7,9-13,16,22-23H,5,8,14-15,17H2,1-4H3;1H,2H3;1-2H3/b10-6-,11-9-,19-7+;;. The summed E-state index contributed by atoms with van der Waals surface area (Å²) in [6.45, 7) is 13.6. The number of fused-ring (bicyclic) bond motifs is 1. The number of carbonyl (C=O) groups is 3. The van der Waals surface area contributed by atoms with Gasteiger partial charge in [-0.2, -0.15) is 0 Å². The summed E-state index contributed by atoms with van der Waals surface area (Å²) in [5.41, 5.74) is 1.76. The summed E-state index contributed by atoms with van der Waals surface area (Å²) in [6.07, 6.45) is 20.9. The highest BCUT2D eigenvalue weighted by atomic mass is 35.5. The van der Waals surface area contributed by atoms with E-state index in [1.807, 2.05) is 59.8 Å². The number of terminal acetylenes is 1. The van der Waals surface area contributed by atoms with Crippen LogP contribution in [0.15, 0.2) is 75.5 Å². The summed E-state index contributed by atoms with van der Waals surface area (Å²) in [5.74, 6) is 2.10. The molecule has 0 radical (unpaired) electrons. The maximum absolute atomic E-state index is 13.5. The molecule has 0 saturated heterocycles. The lowest BCUT2D eigenvalue weighted by Gasteiger charge is -2.37. The molecule has 3 rings (SSSR count). The summed E-state index contributed by atoms with van der Waals surface area (Å²) >= 11 is 6.19. The van der Waals surface area contributed by atoms with E-state index < -0.39 is 5.92 Å². The first kappa shape index (κ1) is 33.6. The fraction of sp³-hybridized carbons (Fsp3) is 0.438. The number of carbonyl (C=O) groups excluding carboxylic acids is 3. The summed E-state index contributed by atoms with van der Waals surface area (Å²) in [6, 6.07) is -0.381. The molecule has 0 bridgehead atoms. The molecule has 7 heteroatoms. The Balaban J connectivity index is 0.00000142. The van der Waals surface area contributed by atoms with Crippen molar-refractivity contribution in [1.82, 2.24) is 9.80 Å². The maximum atomic E-state index is 13.5. The van der Waals surface area contributed by atoms with Crippen molar-refractivity contribution < 1.29 is 14.4 Å². The first-order valence-corrected chi connectivity index (χ1v) is 14.0. The van der Waals surface area contributed by atoms with Crippen LogP contribution in [0.4, 0.5) is 0 Å². The number of nitrogens with zero attached hydrogens (tertiary/aromatic N) is 3. The number of halogens is 1. The minimum absolute atomic E-state index is 0.0387. The molecule has 6 nitrogen and oxygen atoms in total. The molecule has 2 atom stereocenters. The third-order valence-electron chi connectivity index (χ3n) is 6.11. The van der Waals surface area contributed by atoms with Gasteiger partial charge in [-0.05, 0) is 51.8 Å².